The lowest BCUT2D eigenvalue weighted by Gasteiger charge is -2.05. The summed E-state index contributed by atoms with van der Waals surface area (Å²) < 4.78 is 26.2. The number of nitro benzene ring substituents is 1. The van der Waals surface area contributed by atoms with E-state index in [0.717, 1.165) is 18.3 Å². The average molecular weight is 279 g/mol. The monoisotopic (exact) mass is 279 g/mol. The van der Waals surface area contributed by atoms with Crippen LogP contribution in [0.4, 0.5) is 20.2 Å². The van der Waals surface area contributed by atoms with Gasteiger partial charge in [-0.05, 0) is 12.1 Å². The summed E-state index contributed by atoms with van der Waals surface area (Å²) in [5.74, 6) is -3.70. The van der Waals surface area contributed by atoms with Crippen molar-refractivity contribution in [3.05, 3.63) is 64.0 Å². The highest BCUT2D eigenvalue weighted by Gasteiger charge is 2.17. The zero-order valence-corrected chi connectivity index (χ0v) is 9.84. The van der Waals surface area contributed by atoms with Gasteiger partial charge in [0.25, 0.3) is 11.6 Å². The lowest BCUT2D eigenvalue weighted by molar-refractivity contribution is -0.384. The maximum Gasteiger partial charge on any atom is 0.271 e. The Balaban J connectivity index is 2.26. The van der Waals surface area contributed by atoms with Gasteiger partial charge in [-0.15, -0.1) is 0 Å². The second-order valence-electron chi connectivity index (χ2n) is 3.72. The van der Waals surface area contributed by atoms with Crippen molar-refractivity contribution < 1.29 is 18.5 Å². The van der Waals surface area contributed by atoms with Gasteiger partial charge in [-0.2, -0.15) is 4.39 Å². The zero-order valence-electron chi connectivity index (χ0n) is 9.84. The molecule has 0 saturated carbocycles. The third-order valence-corrected chi connectivity index (χ3v) is 2.41. The molecule has 0 bridgehead atoms. The summed E-state index contributed by atoms with van der Waals surface area (Å²) in [5, 5.41) is 12.8. The minimum absolute atomic E-state index is 0.0980. The van der Waals surface area contributed by atoms with Gasteiger partial charge in [0.15, 0.2) is 5.82 Å². The van der Waals surface area contributed by atoms with E-state index in [1.807, 2.05) is 0 Å². The number of nitrogens with one attached hydrogen (secondary N) is 1. The third-order valence-electron chi connectivity index (χ3n) is 2.41. The summed E-state index contributed by atoms with van der Waals surface area (Å²) in [6.07, 6.45) is 0.945. The number of rotatable bonds is 3. The van der Waals surface area contributed by atoms with Crippen LogP contribution in [0.15, 0.2) is 36.5 Å². The van der Waals surface area contributed by atoms with Gasteiger partial charge in [0, 0.05) is 24.0 Å². The lowest BCUT2D eigenvalue weighted by Crippen LogP contribution is -2.15. The molecule has 2 rings (SSSR count). The number of non-ortho nitro benzene ring substituents is 1. The Hall–Kier alpha value is -2.90. The molecule has 20 heavy (non-hydrogen) atoms. The Labute approximate surface area is 111 Å². The molecule has 0 radical (unpaired) electrons. The van der Waals surface area contributed by atoms with Crippen LogP contribution < -0.4 is 5.32 Å². The van der Waals surface area contributed by atoms with Gasteiger partial charge >= 0.3 is 0 Å². The molecule has 1 heterocycles. The van der Waals surface area contributed by atoms with Crippen molar-refractivity contribution >= 4 is 17.3 Å². The number of aromatic nitrogens is 1. The second-order valence-corrected chi connectivity index (χ2v) is 3.72. The molecular weight excluding hydrogens is 272 g/mol. The number of carbonyl (C=O) groups is 1. The second kappa shape index (κ2) is 5.39. The fourth-order valence-corrected chi connectivity index (χ4v) is 1.49. The predicted octanol–water partition coefficient (Wildman–Crippen LogP) is 2.52. The predicted molar refractivity (Wildman–Crippen MR) is 65.2 cm³/mol. The Morgan fingerprint density at radius 3 is 2.75 bits per heavy atom. The van der Waals surface area contributed by atoms with E-state index < -0.39 is 28.2 Å². The number of pyridine rings is 1. The molecule has 1 aromatic heterocycles. The highest BCUT2D eigenvalue weighted by molar-refractivity contribution is 6.04. The summed E-state index contributed by atoms with van der Waals surface area (Å²) in [7, 11) is 0. The largest absolute Gasteiger partial charge is 0.322 e. The zero-order chi connectivity index (χ0) is 14.7. The molecular formula is C12H7F2N3O3. The number of anilines is 1. The first-order valence-corrected chi connectivity index (χ1v) is 5.35. The number of carbonyl (C=O) groups excluding carboxylic acids is 1. The molecule has 8 heteroatoms. The standard InChI is InChI=1S/C12H7F2N3O3/c13-10-9(4-5-15-11(10)14)12(18)16-7-2-1-3-8(6-7)17(19)20/h1-6H,(H,16,18). The number of nitrogens with zero attached hydrogens (tertiary/aromatic N) is 2. The van der Waals surface area contributed by atoms with Crippen molar-refractivity contribution in [3.63, 3.8) is 0 Å². The molecule has 1 aromatic carbocycles. The topological polar surface area (TPSA) is 85.1 Å². The third kappa shape index (κ3) is 2.74. The molecule has 102 valence electrons. The van der Waals surface area contributed by atoms with Gasteiger partial charge in [0.1, 0.15) is 0 Å². The summed E-state index contributed by atoms with van der Waals surface area (Å²) in [6.45, 7) is 0. The molecule has 1 amide bonds. The quantitative estimate of drug-likeness (QED) is 0.531. The summed E-state index contributed by atoms with van der Waals surface area (Å²) in [5.41, 5.74) is -0.672. The van der Waals surface area contributed by atoms with Crippen LogP contribution in [0.25, 0.3) is 0 Å². The first kappa shape index (κ1) is 13.5. The Kier molecular flexibility index (Phi) is 3.65. The van der Waals surface area contributed by atoms with Gasteiger partial charge < -0.3 is 5.32 Å². The van der Waals surface area contributed by atoms with Crippen LogP contribution in [0, 0.1) is 21.9 Å². The Morgan fingerprint density at radius 1 is 1.30 bits per heavy atom. The molecule has 6 nitrogen and oxygen atoms in total. The molecule has 1 N–H and O–H groups in total. The van der Waals surface area contributed by atoms with Crippen molar-refractivity contribution in [2.45, 2.75) is 0 Å². The fraction of sp³-hybridized carbons (Fsp3) is 0. The molecule has 0 saturated heterocycles. The SMILES string of the molecule is O=C(Nc1cccc([N+](=O)[O-])c1)c1ccnc(F)c1F. The van der Waals surface area contributed by atoms with E-state index in [9.17, 15) is 23.7 Å². The normalized spacial score (nSPS) is 10.1. The summed E-state index contributed by atoms with van der Waals surface area (Å²) in [6, 6.07) is 6.10. The van der Waals surface area contributed by atoms with E-state index in [-0.39, 0.29) is 11.4 Å². The van der Waals surface area contributed by atoms with Gasteiger partial charge in [-0.1, -0.05) is 6.07 Å². The van der Waals surface area contributed by atoms with Crippen molar-refractivity contribution in [2.75, 3.05) is 5.32 Å². The van der Waals surface area contributed by atoms with Crippen molar-refractivity contribution in [2.24, 2.45) is 0 Å². The van der Waals surface area contributed by atoms with Crippen molar-refractivity contribution in [1.29, 1.82) is 0 Å². The van der Waals surface area contributed by atoms with E-state index in [1.54, 1.807) is 0 Å². The van der Waals surface area contributed by atoms with Gasteiger partial charge in [-0.25, -0.2) is 9.37 Å². The first-order valence-electron chi connectivity index (χ1n) is 5.35. The molecule has 0 fully saturated rings. The number of halogens is 2. The number of hydrogen-bond acceptors (Lipinski definition) is 4. The van der Waals surface area contributed by atoms with Gasteiger partial charge in [0.05, 0.1) is 10.5 Å². The maximum absolute atomic E-state index is 13.4. The van der Waals surface area contributed by atoms with Crippen molar-refractivity contribution in [3.8, 4) is 0 Å². The number of hydrogen-bond donors (Lipinski definition) is 1. The van der Waals surface area contributed by atoms with Crippen LogP contribution in [0.2, 0.25) is 0 Å². The van der Waals surface area contributed by atoms with E-state index in [4.69, 9.17) is 0 Å². The van der Waals surface area contributed by atoms with Crippen LogP contribution in [0.3, 0.4) is 0 Å². The van der Waals surface area contributed by atoms with Crippen LogP contribution >= 0.6 is 0 Å². The average Bonchev–Trinajstić information content (AvgIpc) is 2.42. The fourth-order valence-electron chi connectivity index (χ4n) is 1.49. The van der Waals surface area contributed by atoms with Gasteiger partial charge in [0.2, 0.25) is 5.95 Å². The Morgan fingerprint density at radius 2 is 2.05 bits per heavy atom. The van der Waals surface area contributed by atoms with Crippen LogP contribution in [0.5, 0.6) is 0 Å². The van der Waals surface area contributed by atoms with E-state index in [1.165, 1.54) is 18.2 Å². The van der Waals surface area contributed by atoms with E-state index in [0.29, 0.717) is 0 Å². The molecule has 0 aliphatic heterocycles. The molecule has 0 atom stereocenters. The number of nitro groups is 1. The number of benzene rings is 1. The van der Waals surface area contributed by atoms with Crippen LogP contribution in [-0.4, -0.2) is 15.8 Å². The summed E-state index contributed by atoms with van der Waals surface area (Å²) >= 11 is 0. The lowest BCUT2D eigenvalue weighted by atomic mass is 10.2. The molecule has 0 spiro atoms. The highest BCUT2D eigenvalue weighted by Crippen LogP contribution is 2.18. The number of amides is 1. The van der Waals surface area contributed by atoms with Crippen LogP contribution in [0.1, 0.15) is 10.4 Å². The smallest absolute Gasteiger partial charge is 0.271 e. The van der Waals surface area contributed by atoms with Crippen LogP contribution in [-0.2, 0) is 0 Å². The molecule has 0 aliphatic rings. The van der Waals surface area contributed by atoms with Crippen molar-refractivity contribution in [1.82, 2.24) is 4.98 Å². The van der Waals surface area contributed by atoms with E-state index in [2.05, 4.69) is 10.3 Å². The van der Waals surface area contributed by atoms with E-state index >= 15 is 0 Å². The summed E-state index contributed by atoms with van der Waals surface area (Å²) in [4.78, 5) is 24.8. The highest BCUT2D eigenvalue weighted by atomic mass is 19.2. The minimum Gasteiger partial charge on any atom is -0.322 e. The van der Waals surface area contributed by atoms with Gasteiger partial charge in [-0.3, -0.25) is 14.9 Å². The maximum atomic E-state index is 13.4. The first-order chi connectivity index (χ1) is 9.49. The molecule has 0 aliphatic carbocycles. The minimum atomic E-state index is -1.39. The Bertz CT molecular complexity index is 691. The molecule has 0 unspecified atom stereocenters. The molecule has 2 aromatic rings.